The van der Waals surface area contributed by atoms with Crippen molar-refractivity contribution in [1.29, 1.82) is 0 Å². The predicted molar refractivity (Wildman–Crippen MR) is 72.4 cm³/mol. The second-order valence-electron chi connectivity index (χ2n) is 4.21. The average molecular weight is 242 g/mol. The SMILES string of the molecule is Cc1cc(O)c(N)c(C)c1N=C1C=CC(=O)C=C1. The number of nitrogens with zero attached hydrogens (tertiary/aromatic N) is 1. The minimum absolute atomic E-state index is 0.0485. The van der Waals surface area contributed by atoms with Crippen molar-refractivity contribution in [2.45, 2.75) is 13.8 Å². The van der Waals surface area contributed by atoms with Crippen LogP contribution in [0.1, 0.15) is 11.1 Å². The quantitative estimate of drug-likeness (QED) is 0.451. The molecular formula is C14H14N2O2. The maximum Gasteiger partial charge on any atom is 0.178 e. The second kappa shape index (κ2) is 4.49. The molecule has 1 aromatic carbocycles. The number of aromatic hydroxyl groups is 1. The first kappa shape index (κ1) is 12.1. The van der Waals surface area contributed by atoms with Crippen LogP contribution in [0.4, 0.5) is 11.4 Å². The largest absolute Gasteiger partial charge is 0.506 e. The molecule has 0 saturated carbocycles. The first-order chi connectivity index (χ1) is 8.49. The Morgan fingerprint density at radius 2 is 1.78 bits per heavy atom. The van der Waals surface area contributed by atoms with Crippen LogP contribution in [0.2, 0.25) is 0 Å². The van der Waals surface area contributed by atoms with Gasteiger partial charge in [0.2, 0.25) is 0 Å². The summed E-state index contributed by atoms with van der Waals surface area (Å²) in [6, 6.07) is 1.59. The molecule has 0 radical (unpaired) electrons. The number of nitrogen functional groups attached to an aromatic ring is 1. The fourth-order valence-corrected chi connectivity index (χ4v) is 1.79. The van der Waals surface area contributed by atoms with Gasteiger partial charge in [-0.25, -0.2) is 4.99 Å². The maximum absolute atomic E-state index is 11.0. The van der Waals surface area contributed by atoms with Crippen LogP contribution < -0.4 is 5.73 Å². The van der Waals surface area contributed by atoms with Crippen LogP contribution in [0.15, 0.2) is 35.4 Å². The number of carbonyl (C=O) groups excluding carboxylic acids is 1. The molecule has 0 bridgehead atoms. The molecule has 4 heteroatoms. The molecule has 0 aromatic heterocycles. The number of carbonyl (C=O) groups is 1. The van der Waals surface area contributed by atoms with Crippen molar-refractivity contribution in [2.75, 3.05) is 5.73 Å². The van der Waals surface area contributed by atoms with Gasteiger partial charge in [0, 0.05) is 5.56 Å². The summed E-state index contributed by atoms with van der Waals surface area (Å²) in [5.41, 5.74) is 9.09. The van der Waals surface area contributed by atoms with Gasteiger partial charge in [-0.05, 0) is 49.8 Å². The summed E-state index contributed by atoms with van der Waals surface area (Å²) in [7, 11) is 0. The highest BCUT2D eigenvalue weighted by atomic mass is 16.3. The number of phenolic OH excluding ortho intramolecular Hbond substituents is 1. The van der Waals surface area contributed by atoms with Crippen molar-refractivity contribution < 1.29 is 9.90 Å². The number of nitrogens with two attached hydrogens (primary N) is 1. The molecule has 3 N–H and O–H groups in total. The molecule has 1 aliphatic rings. The average Bonchev–Trinajstić information content (AvgIpc) is 2.34. The number of benzene rings is 1. The molecule has 92 valence electrons. The summed E-state index contributed by atoms with van der Waals surface area (Å²) in [4.78, 5) is 15.5. The molecule has 0 aliphatic heterocycles. The van der Waals surface area contributed by atoms with E-state index in [4.69, 9.17) is 5.73 Å². The van der Waals surface area contributed by atoms with Gasteiger partial charge in [-0.2, -0.15) is 0 Å². The lowest BCUT2D eigenvalue weighted by Gasteiger charge is -2.11. The van der Waals surface area contributed by atoms with Gasteiger partial charge in [-0.3, -0.25) is 4.79 Å². The zero-order valence-electron chi connectivity index (χ0n) is 10.3. The van der Waals surface area contributed by atoms with Crippen LogP contribution in [0.5, 0.6) is 5.75 Å². The van der Waals surface area contributed by atoms with E-state index < -0.39 is 0 Å². The van der Waals surface area contributed by atoms with Crippen LogP contribution in [0.3, 0.4) is 0 Å². The Kier molecular flexibility index (Phi) is 3.02. The van der Waals surface area contributed by atoms with Gasteiger partial charge in [0.1, 0.15) is 5.75 Å². The number of allylic oxidation sites excluding steroid dienone is 4. The van der Waals surface area contributed by atoms with E-state index in [1.807, 2.05) is 13.8 Å². The first-order valence-corrected chi connectivity index (χ1v) is 5.56. The van der Waals surface area contributed by atoms with Crippen LogP contribution in [0, 0.1) is 13.8 Å². The summed E-state index contributed by atoms with van der Waals surface area (Å²) >= 11 is 0. The maximum atomic E-state index is 11.0. The van der Waals surface area contributed by atoms with Crippen molar-refractivity contribution in [1.82, 2.24) is 0 Å². The molecule has 1 aliphatic carbocycles. The van der Waals surface area contributed by atoms with E-state index in [-0.39, 0.29) is 11.5 Å². The number of aliphatic imine (C=N–C) groups is 1. The molecule has 0 unspecified atom stereocenters. The minimum Gasteiger partial charge on any atom is -0.506 e. The van der Waals surface area contributed by atoms with Gasteiger partial charge < -0.3 is 10.8 Å². The van der Waals surface area contributed by atoms with Gasteiger partial charge in [0.25, 0.3) is 0 Å². The lowest BCUT2D eigenvalue weighted by atomic mass is 10.1. The number of phenols is 1. The molecule has 0 spiro atoms. The van der Waals surface area contributed by atoms with Gasteiger partial charge in [0.15, 0.2) is 5.78 Å². The van der Waals surface area contributed by atoms with Crippen LogP contribution in [-0.4, -0.2) is 16.6 Å². The fourth-order valence-electron chi connectivity index (χ4n) is 1.79. The number of aryl methyl sites for hydroxylation is 1. The van der Waals surface area contributed by atoms with Gasteiger partial charge >= 0.3 is 0 Å². The zero-order valence-corrected chi connectivity index (χ0v) is 10.3. The third kappa shape index (κ3) is 2.18. The third-order valence-corrected chi connectivity index (χ3v) is 2.84. The Labute approximate surface area is 105 Å². The topological polar surface area (TPSA) is 75.7 Å². The summed E-state index contributed by atoms with van der Waals surface area (Å²) in [5.74, 6) is 0.0199. The summed E-state index contributed by atoms with van der Waals surface area (Å²) < 4.78 is 0. The molecule has 2 rings (SSSR count). The number of rotatable bonds is 1. The fraction of sp³-hybridized carbons (Fsp3) is 0.143. The Hall–Kier alpha value is -2.36. The van der Waals surface area contributed by atoms with Gasteiger partial charge in [0.05, 0.1) is 17.1 Å². The number of ketones is 1. The van der Waals surface area contributed by atoms with E-state index in [9.17, 15) is 9.90 Å². The van der Waals surface area contributed by atoms with Crippen molar-refractivity contribution in [3.8, 4) is 5.75 Å². The van der Waals surface area contributed by atoms with E-state index in [1.165, 1.54) is 12.2 Å². The van der Waals surface area contributed by atoms with E-state index in [0.717, 1.165) is 16.8 Å². The monoisotopic (exact) mass is 242 g/mol. The molecule has 4 nitrogen and oxygen atoms in total. The van der Waals surface area contributed by atoms with Gasteiger partial charge in [-0.15, -0.1) is 0 Å². The zero-order chi connectivity index (χ0) is 13.3. The highest BCUT2D eigenvalue weighted by Crippen LogP contribution is 2.35. The lowest BCUT2D eigenvalue weighted by Crippen LogP contribution is -2.00. The van der Waals surface area contributed by atoms with E-state index in [1.54, 1.807) is 18.2 Å². The highest BCUT2D eigenvalue weighted by Gasteiger charge is 2.10. The Morgan fingerprint density at radius 1 is 1.17 bits per heavy atom. The third-order valence-electron chi connectivity index (χ3n) is 2.84. The second-order valence-corrected chi connectivity index (χ2v) is 4.21. The molecular weight excluding hydrogens is 228 g/mol. The van der Waals surface area contributed by atoms with Crippen molar-refractivity contribution in [3.05, 3.63) is 41.5 Å². The van der Waals surface area contributed by atoms with E-state index >= 15 is 0 Å². The molecule has 0 saturated heterocycles. The molecule has 0 amide bonds. The standard InChI is InChI=1S/C14H14N2O2/c1-8-7-12(18)13(15)9(2)14(8)16-10-3-5-11(17)6-4-10/h3-7,18H,15H2,1-2H3. The van der Waals surface area contributed by atoms with E-state index in [2.05, 4.69) is 4.99 Å². The first-order valence-electron chi connectivity index (χ1n) is 5.56. The van der Waals surface area contributed by atoms with Crippen LogP contribution in [-0.2, 0) is 4.79 Å². The molecule has 0 atom stereocenters. The van der Waals surface area contributed by atoms with Crippen LogP contribution in [0.25, 0.3) is 0 Å². The molecule has 0 fully saturated rings. The molecule has 1 aromatic rings. The predicted octanol–water partition coefficient (Wildman–Crippen LogP) is 2.36. The lowest BCUT2D eigenvalue weighted by molar-refractivity contribution is -0.110. The van der Waals surface area contributed by atoms with E-state index in [0.29, 0.717) is 11.4 Å². The van der Waals surface area contributed by atoms with Crippen molar-refractivity contribution in [3.63, 3.8) is 0 Å². The minimum atomic E-state index is -0.0485. The molecule has 18 heavy (non-hydrogen) atoms. The normalized spacial score (nSPS) is 14.1. The summed E-state index contributed by atoms with van der Waals surface area (Å²) in [6.07, 6.45) is 6.25. The Morgan fingerprint density at radius 3 is 2.39 bits per heavy atom. The van der Waals surface area contributed by atoms with Crippen LogP contribution >= 0.6 is 0 Å². The van der Waals surface area contributed by atoms with Gasteiger partial charge in [-0.1, -0.05) is 0 Å². The smallest absolute Gasteiger partial charge is 0.178 e. The summed E-state index contributed by atoms with van der Waals surface area (Å²) in [5, 5.41) is 9.60. The number of hydrogen-bond donors (Lipinski definition) is 2. The Bertz CT molecular complexity index is 593. The summed E-state index contributed by atoms with van der Waals surface area (Å²) in [6.45, 7) is 3.66. The number of hydrogen-bond acceptors (Lipinski definition) is 4. The Balaban J connectivity index is 2.51. The van der Waals surface area contributed by atoms with Crippen molar-refractivity contribution >= 4 is 22.9 Å². The van der Waals surface area contributed by atoms with Crippen molar-refractivity contribution in [2.24, 2.45) is 4.99 Å². The number of anilines is 1. The highest BCUT2D eigenvalue weighted by molar-refractivity contribution is 6.17. The molecule has 0 heterocycles.